The highest BCUT2D eigenvalue weighted by Gasteiger charge is 2.16. The zero-order chi connectivity index (χ0) is 10.3. The Morgan fingerprint density at radius 3 is 2.54 bits per heavy atom. The molecule has 0 aliphatic rings. The van der Waals surface area contributed by atoms with Gasteiger partial charge in [-0.3, -0.25) is 14.5 Å². The molecule has 2 amide bonds. The lowest BCUT2D eigenvalue weighted by molar-refractivity contribution is -0.144. The van der Waals surface area contributed by atoms with Crippen LogP contribution < -0.4 is 0 Å². The van der Waals surface area contributed by atoms with Gasteiger partial charge in [-0.2, -0.15) is 0 Å². The van der Waals surface area contributed by atoms with Gasteiger partial charge >= 0.3 is 0 Å². The summed E-state index contributed by atoms with van der Waals surface area (Å²) in [7, 11) is 0. The van der Waals surface area contributed by atoms with Gasteiger partial charge in [-0.25, -0.2) is 0 Å². The Hall–Kier alpha value is -1.16. The fraction of sp³-hybridized carbons (Fsp3) is 0.556. The number of hydrogen-bond donors (Lipinski definition) is 1. The van der Waals surface area contributed by atoms with Gasteiger partial charge in [0.1, 0.15) is 6.61 Å². The van der Waals surface area contributed by atoms with Crippen molar-refractivity contribution in [1.82, 2.24) is 4.90 Å². The summed E-state index contributed by atoms with van der Waals surface area (Å²) in [6.45, 7) is 4.95. The molecule has 0 rings (SSSR count). The summed E-state index contributed by atoms with van der Waals surface area (Å²) in [5.74, 6) is -1.02. The third kappa shape index (κ3) is 3.85. The number of amides is 2. The van der Waals surface area contributed by atoms with E-state index in [1.54, 1.807) is 0 Å². The predicted molar refractivity (Wildman–Crippen MR) is 48.9 cm³/mol. The monoisotopic (exact) mass is 185 g/mol. The number of nitrogens with zero attached hydrogens (tertiary/aromatic N) is 1. The average Bonchev–Trinajstić information content (AvgIpc) is 2.17. The summed E-state index contributed by atoms with van der Waals surface area (Å²) in [6.07, 6.45) is 2.70. The molecule has 0 atom stereocenters. The van der Waals surface area contributed by atoms with Crippen LogP contribution in [0.2, 0.25) is 0 Å². The number of unbranched alkanes of at least 4 members (excludes halogenated alkanes) is 1. The first-order valence-corrected chi connectivity index (χ1v) is 4.25. The van der Waals surface area contributed by atoms with E-state index in [-0.39, 0.29) is 0 Å². The summed E-state index contributed by atoms with van der Waals surface area (Å²) in [4.78, 5) is 23.1. The Labute approximate surface area is 77.8 Å². The molecular weight excluding hydrogens is 170 g/mol. The van der Waals surface area contributed by atoms with E-state index in [1.807, 2.05) is 6.92 Å². The summed E-state index contributed by atoms with van der Waals surface area (Å²) < 4.78 is 0. The lowest BCUT2D eigenvalue weighted by Crippen LogP contribution is -2.38. The van der Waals surface area contributed by atoms with Gasteiger partial charge in [-0.1, -0.05) is 19.9 Å². The van der Waals surface area contributed by atoms with Crippen LogP contribution in [0.5, 0.6) is 0 Å². The van der Waals surface area contributed by atoms with E-state index < -0.39 is 18.4 Å². The number of aliphatic hydroxyl groups excluding tert-OH is 1. The van der Waals surface area contributed by atoms with E-state index in [0.717, 1.165) is 23.8 Å². The topological polar surface area (TPSA) is 57.6 Å². The van der Waals surface area contributed by atoms with Gasteiger partial charge in [0.05, 0.1) is 0 Å². The van der Waals surface area contributed by atoms with Crippen LogP contribution in [0.25, 0.3) is 0 Å². The maximum absolute atomic E-state index is 11.1. The summed E-state index contributed by atoms with van der Waals surface area (Å²) >= 11 is 0. The molecule has 0 aromatic rings. The van der Waals surface area contributed by atoms with Crippen molar-refractivity contribution in [3.8, 4) is 0 Å². The molecule has 4 nitrogen and oxygen atoms in total. The van der Waals surface area contributed by atoms with Gasteiger partial charge in [0.2, 0.25) is 0 Å². The smallest absolute Gasteiger partial charge is 0.255 e. The summed E-state index contributed by atoms with van der Waals surface area (Å²) in [5.41, 5.74) is 0. The minimum Gasteiger partial charge on any atom is -0.387 e. The van der Waals surface area contributed by atoms with E-state index in [9.17, 15) is 9.59 Å². The lowest BCUT2D eigenvalue weighted by atomic mass is 10.3. The third-order valence-corrected chi connectivity index (χ3v) is 1.61. The standard InChI is InChI=1S/C9H15NO3/c1-3-5-6-10(8(12)4-2)9(13)7-11/h4,11H,2-3,5-7H2,1H3. The van der Waals surface area contributed by atoms with Crippen LogP contribution in [-0.4, -0.2) is 35.0 Å². The first kappa shape index (κ1) is 11.8. The summed E-state index contributed by atoms with van der Waals surface area (Å²) in [5, 5.41) is 8.57. The van der Waals surface area contributed by atoms with Crippen molar-refractivity contribution < 1.29 is 14.7 Å². The van der Waals surface area contributed by atoms with E-state index in [0.29, 0.717) is 6.54 Å². The maximum atomic E-state index is 11.1. The van der Waals surface area contributed by atoms with Crippen molar-refractivity contribution in [3.05, 3.63) is 12.7 Å². The Morgan fingerprint density at radius 2 is 2.15 bits per heavy atom. The fourth-order valence-corrected chi connectivity index (χ4v) is 0.870. The molecule has 4 heteroatoms. The zero-order valence-electron chi connectivity index (χ0n) is 7.82. The number of hydrogen-bond acceptors (Lipinski definition) is 3. The Morgan fingerprint density at radius 1 is 1.54 bits per heavy atom. The minimum absolute atomic E-state index is 0.348. The van der Waals surface area contributed by atoms with Crippen LogP contribution >= 0.6 is 0 Å². The molecule has 0 spiro atoms. The molecule has 0 aliphatic heterocycles. The molecule has 0 aromatic heterocycles. The van der Waals surface area contributed by atoms with Crippen LogP contribution in [-0.2, 0) is 9.59 Å². The van der Waals surface area contributed by atoms with E-state index >= 15 is 0 Å². The first-order chi connectivity index (χ1) is 6.17. The van der Waals surface area contributed by atoms with Crippen LogP contribution in [0.4, 0.5) is 0 Å². The molecule has 0 heterocycles. The Bertz CT molecular complexity index is 201. The molecule has 0 fully saturated rings. The molecule has 0 aromatic carbocycles. The zero-order valence-corrected chi connectivity index (χ0v) is 7.82. The number of carbonyl (C=O) groups excluding carboxylic acids is 2. The molecule has 0 saturated carbocycles. The van der Waals surface area contributed by atoms with Crippen molar-refractivity contribution in [3.63, 3.8) is 0 Å². The van der Waals surface area contributed by atoms with Crippen LogP contribution in [0.1, 0.15) is 19.8 Å². The second kappa shape index (κ2) is 6.37. The second-order valence-electron chi connectivity index (χ2n) is 2.60. The van der Waals surface area contributed by atoms with Crippen molar-refractivity contribution in [1.29, 1.82) is 0 Å². The SMILES string of the molecule is C=CC(=O)N(CCCC)C(=O)CO. The van der Waals surface area contributed by atoms with Crippen LogP contribution in [0.3, 0.4) is 0 Å². The van der Waals surface area contributed by atoms with E-state index in [2.05, 4.69) is 6.58 Å². The third-order valence-electron chi connectivity index (χ3n) is 1.61. The molecule has 74 valence electrons. The largest absolute Gasteiger partial charge is 0.387 e. The quantitative estimate of drug-likeness (QED) is 0.627. The molecule has 0 bridgehead atoms. The van der Waals surface area contributed by atoms with Gasteiger partial charge in [-0.05, 0) is 12.5 Å². The van der Waals surface area contributed by atoms with Crippen molar-refractivity contribution in [2.24, 2.45) is 0 Å². The van der Waals surface area contributed by atoms with Crippen LogP contribution in [0, 0.1) is 0 Å². The molecule has 0 saturated heterocycles. The normalized spacial score (nSPS) is 9.38. The maximum Gasteiger partial charge on any atom is 0.255 e. The molecular formula is C9H15NO3. The van der Waals surface area contributed by atoms with Gasteiger partial charge in [0.25, 0.3) is 11.8 Å². The fourth-order valence-electron chi connectivity index (χ4n) is 0.870. The number of rotatable bonds is 5. The van der Waals surface area contributed by atoms with Gasteiger partial charge in [0, 0.05) is 6.54 Å². The predicted octanol–water partition coefficient (Wildman–Crippen LogP) is 0.320. The van der Waals surface area contributed by atoms with Crippen molar-refractivity contribution >= 4 is 11.8 Å². The molecule has 0 radical (unpaired) electrons. The molecule has 0 aliphatic carbocycles. The number of aliphatic hydroxyl groups is 1. The average molecular weight is 185 g/mol. The molecule has 0 unspecified atom stereocenters. The Balaban J connectivity index is 4.26. The van der Waals surface area contributed by atoms with E-state index in [1.165, 1.54) is 0 Å². The highest BCUT2D eigenvalue weighted by Crippen LogP contribution is 1.97. The highest BCUT2D eigenvalue weighted by atomic mass is 16.3. The summed E-state index contributed by atoms with van der Waals surface area (Å²) in [6, 6.07) is 0. The second-order valence-corrected chi connectivity index (χ2v) is 2.60. The number of carbonyl (C=O) groups is 2. The number of imide groups is 1. The molecule has 1 N–H and O–H groups in total. The van der Waals surface area contributed by atoms with Gasteiger partial charge in [-0.15, -0.1) is 0 Å². The van der Waals surface area contributed by atoms with Crippen molar-refractivity contribution in [2.45, 2.75) is 19.8 Å². The van der Waals surface area contributed by atoms with Crippen LogP contribution in [0.15, 0.2) is 12.7 Å². The van der Waals surface area contributed by atoms with Crippen molar-refractivity contribution in [2.75, 3.05) is 13.2 Å². The molecule has 13 heavy (non-hydrogen) atoms. The van der Waals surface area contributed by atoms with Gasteiger partial charge in [0.15, 0.2) is 0 Å². The first-order valence-electron chi connectivity index (χ1n) is 4.25. The minimum atomic E-state index is -0.636. The van der Waals surface area contributed by atoms with E-state index in [4.69, 9.17) is 5.11 Å². The Kier molecular flexibility index (Phi) is 5.80. The highest BCUT2D eigenvalue weighted by molar-refractivity contribution is 6.00. The lowest BCUT2D eigenvalue weighted by Gasteiger charge is -2.17. The van der Waals surface area contributed by atoms with Gasteiger partial charge < -0.3 is 5.11 Å².